The number of rotatable bonds is 5. The molecule has 0 heterocycles. The van der Waals surface area contributed by atoms with Crippen LogP contribution in [0, 0.1) is 5.92 Å². The molecule has 0 amide bonds. The van der Waals surface area contributed by atoms with Gasteiger partial charge in [-0.15, -0.1) is 0 Å². The average Bonchev–Trinajstić information content (AvgIpc) is 2.11. The molecule has 0 aliphatic carbocycles. The molecule has 1 N–H and O–H groups in total. The molecule has 0 fully saturated rings. The molecule has 13 heavy (non-hydrogen) atoms. The molecular weight excluding hydrogens is 180 g/mol. The Labute approximate surface area is 87.7 Å². The Kier molecular flexibility index (Phi) is 6.96. The molecule has 0 aromatic rings. The number of nitrogens with one attached hydrogen (secondary N) is 1. The zero-order valence-corrected chi connectivity index (χ0v) is 10.1. The third kappa shape index (κ3) is 6.82. The van der Waals surface area contributed by atoms with Crippen molar-refractivity contribution in [3.05, 3.63) is 0 Å². The van der Waals surface area contributed by atoms with Crippen molar-refractivity contribution >= 4 is 17.3 Å². The lowest BCUT2D eigenvalue weighted by Gasteiger charge is -2.15. The van der Waals surface area contributed by atoms with Crippen LogP contribution in [0.5, 0.6) is 0 Å². The van der Waals surface area contributed by atoms with Crippen LogP contribution in [0.15, 0.2) is 0 Å². The molecule has 2 nitrogen and oxygen atoms in total. The maximum absolute atomic E-state index is 5.10. The van der Waals surface area contributed by atoms with Gasteiger partial charge in [-0.3, -0.25) is 0 Å². The van der Waals surface area contributed by atoms with Crippen molar-refractivity contribution < 1.29 is 0 Å². The van der Waals surface area contributed by atoms with E-state index in [1.165, 1.54) is 19.3 Å². The molecule has 0 aromatic carbocycles. The lowest BCUT2D eigenvalue weighted by Crippen LogP contribution is -2.34. The zero-order valence-electron chi connectivity index (χ0n) is 9.26. The van der Waals surface area contributed by atoms with Crippen LogP contribution in [0.2, 0.25) is 0 Å². The Morgan fingerprint density at radius 2 is 2.08 bits per heavy atom. The SMILES string of the molecule is CCC(C)CCCNC(=S)N(C)C. The lowest BCUT2D eigenvalue weighted by molar-refractivity contribution is 0.489. The summed E-state index contributed by atoms with van der Waals surface area (Å²) in [5.41, 5.74) is 0. The highest BCUT2D eigenvalue weighted by molar-refractivity contribution is 7.80. The van der Waals surface area contributed by atoms with Crippen molar-refractivity contribution in [2.45, 2.75) is 33.1 Å². The van der Waals surface area contributed by atoms with Crippen LogP contribution < -0.4 is 5.32 Å². The third-order valence-corrected chi connectivity index (χ3v) is 2.76. The maximum atomic E-state index is 5.10. The van der Waals surface area contributed by atoms with Crippen molar-refractivity contribution in [1.82, 2.24) is 10.2 Å². The largest absolute Gasteiger partial charge is 0.363 e. The Morgan fingerprint density at radius 3 is 2.54 bits per heavy atom. The van der Waals surface area contributed by atoms with Gasteiger partial charge in [0.25, 0.3) is 0 Å². The summed E-state index contributed by atoms with van der Waals surface area (Å²) in [7, 11) is 3.92. The highest BCUT2D eigenvalue weighted by Crippen LogP contribution is 2.07. The van der Waals surface area contributed by atoms with Crippen molar-refractivity contribution in [3.63, 3.8) is 0 Å². The van der Waals surface area contributed by atoms with Crippen LogP contribution in [-0.2, 0) is 0 Å². The second-order valence-electron chi connectivity index (χ2n) is 3.78. The summed E-state index contributed by atoms with van der Waals surface area (Å²) in [5, 5.41) is 4.06. The minimum absolute atomic E-state index is 0.837. The fourth-order valence-corrected chi connectivity index (χ4v) is 1.11. The summed E-state index contributed by atoms with van der Waals surface area (Å²) in [6.45, 7) is 5.54. The molecule has 78 valence electrons. The molecule has 0 spiro atoms. The molecule has 3 heteroatoms. The quantitative estimate of drug-likeness (QED) is 0.544. The molecule has 0 saturated heterocycles. The first-order valence-corrected chi connectivity index (χ1v) is 5.43. The minimum Gasteiger partial charge on any atom is -0.363 e. The van der Waals surface area contributed by atoms with Gasteiger partial charge in [0.1, 0.15) is 0 Å². The topological polar surface area (TPSA) is 15.3 Å². The predicted octanol–water partition coefficient (Wildman–Crippen LogP) is 2.25. The van der Waals surface area contributed by atoms with E-state index in [0.29, 0.717) is 0 Å². The first-order valence-electron chi connectivity index (χ1n) is 5.03. The number of thiocarbonyl (C=S) groups is 1. The van der Waals surface area contributed by atoms with E-state index < -0.39 is 0 Å². The van der Waals surface area contributed by atoms with Gasteiger partial charge in [0.2, 0.25) is 0 Å². The summed E-state index contributed by atoms with van der Waals surface area (Å²) in [6, 6.07) is 0. The van der Waals surface area contributed by atoms with Crippen molar-refractivity contribution in [2.24, 2.45) is 5.92 Å². The van der Waals surface area contributed by atoms with E-state index in [4.69, 9.17) is 12.2 Å². The van der Waals surface area contributed by atoms with E-state index in [1.54, 1.807) is 0 Å². The minimum atomic E-state index is 0.837. The van der Waals surface area contributed by atoms with E-state index in [1.807, 2.05) is 19.0 Å². The van der Waals surface area contributed by atoms with Gasteiger partial charge in [-0.25, -0.2) is 0 Å². The van der Waals surface area contributed by atoms with Gasteiger partial charge >= 0.3 is 0 Å². The van der Waals surface area contributed by atoms with Gasteiger partial charge in [0.05, 0.1) is 0 Å². The molecule has 0 saturated carbocycles. The zero-order chi connectivity index (χ0) is 10.3. The normalized spacial score (nSPS) is 12.3. The van der Waals surface area contributed by atoms with Gasteiger partial charge in [-0.05, 0) is 31.0 Å². The summed E-state index contributed by atoms with van der Waals surface area (Å²) >= 11 is 5.10. The molecule has 0 aliphatic rings. The molecule has 0 bridgehead atoms. The number of nitrogens with zero attached hydrogens (tertiary/aromatic N) is 1. The van der Waals surface area contributed by atoms with Gasteiger partial charge in [-0.1, -0.05) is 20.3 Å². The molecule has 0 aromatic heterocycles. The van der Waals surface area contributed by atoms with Gasteiger partial charge in [-0.2, -0.15) is 0 Å². The highest BCUT2D eigenvalue weighted by atomic mass is 32.1. The van der Waals surface area contributed by atoms with Crippen molar-refractivity contribution in [1.29, 1.82) is 0 Å². The molecule has 1 atom stereocenters. The van der Waals surface area contributed by atoms with Crippen molar-refractivity contribution in [3.8, 4) is 0 Å². The van der Waals surface area contributed by atoms with Crippen LogP contribution in [0.3, 0.4) is 0 Å². The van der Waals surface area contributed by atoms with Crippen LogP contribution in [-0.4, -0.2) is 30.7 Å². The first-order chi connectivity index (χ1) is 6.07. The first kappa shape index (κ1) is 12.7. The standard InChI is InChI=1S/C10H22N2S/c1-5-9(2)7-6-8-11-10(13)12(3)4/h9H,5-8H2,1-4H3,(H,11,13). The summed E-state index contributed by atoms with van der Waals surface area (Å²) < 4.78 is 0. The lowest BCUT2D eigenvalue weighted by atomic mass is 10.0. The molecule has 0 aliphatic heterocycles. The summed E-state index contributed by atoms with van der Waals surface area (Å²) in [4.78, 5) is 1.93. The average molecular weight is 202 g/mol. The van der Waals surface area contributed by atoms with Crippen LogP contribution in [0.1, 0.15) is 33.1 Å². The Balaban J connectivity index is 3.31. The predicted molar refractivity (Wildman–Crippen MR) is 63.0 cm³/mol. The van der Waals surface area contributed by atoms with E-state index in [-0.39, 0.29) is 0 Å². The fourth-order valence-electron chi connectivity index (χ4n) is 1.01. The van der Waals surface area contributed by atoms with Crippen molar-refractivity contribution in [2.75, 3.05) is 20.6 Å². The van der Waals surface area contributed by atoms with E-state index >= 15 is 0 Å². The summed E-state index contributed by atoms with van der Waals surface area (Å²) in [6.07, 6.45) is 3.78. The van der Waals surface area contributed by atoms with Crippen LogP contribution in [0.25, 0.3) is 0 Å². The monoisotopic (exact) mass is 202 g/mol. The van der Waals surface area contributed by atoms with Gasteiger partial charge < -0.3 is 10.2 Å². The van der Waals surface area contributed by atoms with E-state index in [9.17, 15) is 0 Å². The highest BCUT2D eigenvalue weighted by Gasteiger charge is 1.99. The second kappa shape index (κ2) is 7.13. The molecular formula is C10H22N2S. The Bertz CT molecular complexity index is 146. The maximum Gasteiger partial charge on any atom is 0.168 e. The Morgan fingerprint density at radius 1 is 1.46 bits per heavy atom. The molecule has 0 radical (unpaired) electrons. The smallest absolute Gasteiger partial charge is 0.168 e. The molecule has 0 rings (SSSR count). The Hall–Kier alpha value is -0.310. The van der Waals surface area contributed by atoms with E-state index in [0.717, 1.165) is 17.6 Å². The van der Waals surface area contributed by atoms with Gasteiger partial charge in [0, 0.05) is 20.6 Å². The van der Waals surface area contributed by atoms with Crippen LogP contribution >= 0.6 is 12.2 Å². The fraction of sp³-hybridized carbons (Fsp3) is 0.900. The molecule has 1 unspecified atom stereocenters. The second-order valence-corrected chi connectivity index (χ2v) is 4.17. The summed E-state index contributed by atoms with van der Waals surface area (Å²) in [5.74, 6) is 0.842. The van der Waals surface area contributed by atoms with E-state index in [2.05, 4.69) is 19.2 Å². The number of hydrogen-bond donors (Lipinski definition) is 1. The van der Waals surface area contributed by atoms with Crippen LogP contribution in [0.4, 0.5) is 0 Å². The third-order valence-electron chi connectivity index (χ3n) is 2.25. The van der Waals surface area contributed by atoms with Gasteiger partial charge in [0.15, 0.2) is 5.11 Å². The number of hydrogen-bond acceptors (Lipinski definition) is 1.